The highest BCUT2D eigenvalue weighted by Crippen LogP contribution is 1.88. The van der Waals surface area contributed by atoms with Gasteiger partial charge in [0.25, 0.3) is 5.56 Å². The van der Waals surface area contributed by atoms with E-state index < -0.39 is 0 Å². The summed E-state index contributed by atoms with van der Waals surface area (Å²) in [6.07, 6.45) is 0.889. The zero-order valence-electron chi connectivity index (χ0n) is 9.90. The zero-order valence-corrected chi connectivity index (χ0v) is 9.90. The Morgan fingerprint density at radius 1 is 1.44 bits per heavy atom. The number of hydrogen-bond acceptors (Lipinski definition) is 4. The summed E-state index contributed by atoms with van der Waals surface area (Å²) in [6.45, 7) is 4.95. The minimum absolute atomic E-state index is 0.0394. The van der Waals surface area contributed by atoms with Gasteiger partial charge in [-0.2, -0.15) is 5.10 Å². The van der Waals surface area contributed by atoms with Crippen LogP contribution in [0.25, 0.3) is 0 Å². The van der Waals surface area contributed by atoms with Gasteiger partial charge in [-0.1, -0.05) is 0 Å². The predicted octanol–water partition coefficient (Wildman–Crippen LogP) is 0.178. The molecule has 1 aromatic rings. The Balaban J connectivity index is 2.26. The van der Waals surface area contributed by atoms with Crippen LogP contribution < -0.4 is 10.9 Å². The van der Waals surface area contributed by atoms with Crippen molar-refractivity contribution in [3.05, 3.63) is 28.2 Å². The minimum atomic E-state index is -0.0394. The second-order valence-electron chi connectivity index (χ2n) is 3.63. The van der Waals surface area contributed by atoms with E-state index in [4.69, 9.17) is 4.74 Å². The van der Waals surface area contributed by atoms with E-state index in [0.29, 0.717) is 13.2 Å². The molecule has 5 heteroatoms. The molecule has 0 bridgehead atoms. The Morgan fingerprint density at radius 2 is 2.25 bits per heavy atom. The molecule has 0 aliphatic rings. The van der Waals surface area contributed by atoms with Crippen molar-refractivity contribution in [3.63, 3.8) is 0 Å². The molecule has 0 saturated heterocycles. The van der Waals surface area contributed by atoms with Crippen molar-refractivity contribution in [1.29, 1.82) is 0 Å². The average Bonchev–Trinajstić information content (AvgIpc) is 2.28. The summed E-state index contributed by atoms with van der Waals surface area (Å²) in [6, 6.07) is 3.29. The minimum Gasteiger partial charge on any atom is -0.383 e. The van der Waals surface area contributed by atoms with Crippen molar-refractivity contribution in [2.45, 2.75) is 19.9 Å². The molecule has 0 atom stereocenters. The molecule has 5 nitrogen and oxygen atoms in total. The summed E-state index contributed by atoms with van der Waals surface area (Å²) in [7, 11) is 1.68. The molecule has 0 aliphatic heterocycles. The van der Waals surface area contributed by atoms with Crippen LogP contribution in [0.2, 0.25) is 0 Å². The van der Waals surface area contributed by atoms with Crippen LogP contribution in [0.5, 0.6) is 0 Å². The predicted molar refractivity (Wildman–Crippen MR) is 62.6 cm³/mol. The molecule has 0 amide bonds. The van der Waals surface area contributed by atoms with Crippen LogP contribution in [0.15, 0.2) is 16.9 Å². The summed E-state index contributed by atoms with van der Waals surface area (Å²) in [4.78, 5) is 11.4. The van der Waals surface area contributed by atoms with Gasteiger partial charge in [0.2, 0.25) is 0 Å². The number of hydrogen-bond donors (Lipinski definition) is 1. The van der Waals surface area contributed by atoms with Gasteiger partial charge in [-0.25, -0.2) is 4.68 Å². The van der Waals surface area contributed by atoms with E-state index in [2.05, 4.69) is 10.4 Å². The zero-order chi connectivity index (χ0) is 11.8. The van der Waals surface area contributed by atoms with Crippen molar-refractivity contribution in [2.24, 2.45) is 0 Å². The quantitative estimate of drug-likeness (QED) is 0.672. The van der Waals surface area contributed by atoms with Crippen LogP contribution in [-0.4, -0.2) is 36.6 Å². The van der Waals surface area contributed by atoms with E-state index in [0.717, 1.165) is 25.2 Å². The molecule has 0 saturated carbocycles. The first-order valence-electron chi connectivity index (χ1n) is 5.48. The van der Waals surface area contributed by atoms with Gasteiger partial charge in [0, 0.05) is 26.3 Å². The van der Waals surface area contributed by atoms with E-state index in [1.54, 1.807) is 19.2 Å². The summed E-state index contributed by atoms with van der Waals surface area (Å²) < 4.78 is 6.42. The third kappa shape index (κ3) is 4.55. The molecule has 0 radical (unpaired) electrons. The second kappa shape index (κ2) is 7.14. The maximum absolute atomic E-state index is 11.4. The Morgan fingerprint density at radius 3 is 3.00 bits per heavy atom. The van der Waals surface area contributed by atoms with Crippen molar-refractivity contribution < 1.29 is 4.74 Å². The molecular formula is C11H19N3O2. The van der Waals surface area contributed by atoms with Gasteiger partial charge in [0.05, 0.1) is 12.3 Å². The van der Waals surface area contributed by atoms with Gasteiger partial charge < -0.3 is 10.1 Å². The maximum Gasteiger partial charge on any atom is 0.266 e. The molecule has 1 N–H and O–H groups in total. The smallest absolute Gasteiger partial charge is 0.266 e. The largest absolute Gasteiger partial charge is 0.383 e. The average molecular weight is 225 g/mol. The van der Waals surface area contributed by atoms with Crippen LogP contribution in [0.1, 0.15) is 12.1 Å². The first kappa shape index (κ1) is 12.9. The van der Waals surface area contributed by atoms with Crippen molar-refractivity contribution in [2.75, 3.05) is 26.8 Å². The molecule has 90 valence electrons. The van der Waals surface area contributed by atoms with Crippen LogP contribution in [-0.2, 0) is 11.3 Å². The topological polar surface area (TPSA) is 56.1 Å². The Kier molecular flexibility index (Phi) is 5.74. The molecule has 0 aliphatic carbocycles. The number of rotatable bonds is 7. The number of methoxy groups -OCH3 is 1. The molecular weight excluding hydrogens is 206 g/mol. The molecule has 0 spiro atoms. The normalized spacial score (nSPS) is 10.6. The molecule has 1 aromatic heterocycles. The van der Waals surface area contributed by atoms with E-state index in [1.165, 1.54) is 4.68 Å². The number of aromatic nitrogens is 2. The first-order valence-corrected chi connectivity index (χ1v) is 5.48. The number of nitrogens with one attached hydrogen (secondary N) is 1. The van der Waals surface area contributed by atoms with Gasteiger partial charge in [-0.3, -0.25) is 4.79 Å². The monoisotopic (exact) mass is 225 g/mol. The molecule has 0 unspecified atom stereocenters. The SMILES string of the molecule is COCCNCCCn1nc(C)ccc1=O. The van der Waals surface area contributed by atoms with Gasteiger partial charge in [-0.05, 0) is 26.0 Å². The Labute approximate surface area is 95.4 Å². The summed E-state index contributed by atoms with van der Waals surface area (Å²) in [5, 5.41) is 7.38. The number of ether oxygens (including phenoxy) is 1. The highest BCUT2D eigenvalue weighted by atomic mass is 16.5. The second-order valence-corrected chi connectivity index (χ2v) is 3.63. The molecule has 1 heterocycles. The summed E-state index contributed by atoms with van der Waals surface area (Å²) in [5.41, 5.74) is 0.828. The summed E-state index contributed by atoms with van der Waals surface area (Å²) >= 11 is 0. The Bertz CT molecular complexity index is 362. The maximum atomic E-state index is 11.4. The van der Waals surface area contributed by atoms with E-state index in [-0.39, 0.29) is 5.56 Å². The van der Waals surface area contributed by atoms with E-state index >= 15 is 0 Å². The molecule has 0 fully saturated rings. The van der Waals surface area contributed by atoms with Gasteiger partial charge in [0.15, 0.2) is 0 Å². The number of nitrogens with zero attached hydrogens (tertiary/aromatic N) is 2. The lowest BCUT2D eigenvalue weighted by Gasteiger charge is -2.06. The fourth-order valence-electron chi connectivity index (χ4n) is 1.36. The fraction of sp³-hybridized carbons (Fsp3) is 0.636. The lowest BCUT2D eigenvalue weighted by molar-refractivity contribution is 0.199. The lowest BCUT2D eigenvalue weighted by atomic mass is 10.4. The standard InChI is InChI=1S/C11H19N3O2/c1-10-4-5-11(15)14(13-10)8-3-6-12-7-9-16-2/h4-5,12H,3,6-9H2,1-2H3. The summed E-state index contributed by atoms with van der Waals surface area (Å²) in [5.74, 6) is 0. The third-order valence-corrected chi connectivity index (χ3v) is 2.21. The highest BCUT2D eigenvalue weighted by Gasteiger charge is 1.97. The lowest BCUT2D eigenvalue weighted by Crippen LogP contribution is -2.26. The van der Waals surface area contributed by atoms with Crippen LogP contribution in [0.4, 0.5) is 0 Å². The fourth-order valence-corrected chi connectivity index (χ4v) is 1.36. The van der Waals surface area contributed by atoms with Crippen LogP contribution >= 0.6 is 0 Å². The van der Waals surface area contributed by atoms with Crippen molar-refractivity contribution >= 4 is 0 Å². The van der Waals surface area contributed by atoms with Crippen LogP contribution in [0.3, 0.4) is 0 Å². The van der Waals surface area contributed by atoms with E-state index in [9.17, 15) is 4.79 Å². The molecule has 16 heavy (non-hydrogen) atoms. The third-order valence-electron chi connectivity index (χ3n) is 2.21. The van der Waals surface area contributed by atoms with Crippen molar-refractivity contribution in [3.8, 4) is 0 Å². The highest BCUT2D eigenvalue weighted by molar-refractivity contribution is 4.96. The van der Waals surface area contributed by atoms with Crippen LogP contribution in [0, 0.1) is 6.92 Å². The first-order chi connectivity index (χ1) is 7.74. The van der Waals surface area contributed by atoms with Gasteiger partial charge in [-0.15, -0.1) is 0 Å². The molecule has 1 rings (SSSR count). The Hall–Kier alpha value is -1.20. The number of aryl methyl sites for hydroxylation is 2. The van der Waals surface area contributed by atoms with Gasteiger partial charge >= 0.3 is 0 Å². The van der Waals surface area contributed by atoms with Gasteiger partial charge in [0.1, 0.15) is 0 Å². The van der Waals surface area contributed by atoms with Crippen molar-refractivity contribution in [1.82, 2.24) is 15.1 Å². The molecule has 0 aromatic carbocycles. The van der Waals surface area contributed by atoms with E-state index in [1.807, 2.05) is 6.92 Å².